The molecular weight excluding hydrogens is 208 g/mol. The van der Waals surface area contributed by atoms with Gasteiger partial charge in [-0.25, -0.2) is 4.79 Å². The Balaban J connectivity index is 2.74. The van der Waals surface area contributed by atoms with Crippen LogP contribution in [-0.2, 0) is 4.79 Å². The fourth-order valence-corrected chi connectivity index (χ4v) is 1.21. The van der Waals surface area contributed by atoms with E-state index in [1.807, 2.05) is 0 Å². The van der Waals surface area contributed by atoms with Crippen LogP contribution in [0.25, 0.3) is 0 Å². The summed E-state index contributed by atoms with van der Waals surface area (Å²) in [7, 11) is 3.17. The number of hydrogen-bond acceptors (Lipinski definition) is 3. The zero-order chi connectivity index (χ0) is 12.1. The average molecular weight is 222 g/mol. The van der Waals surface area contributed by atoms with Crippen LogP contribution in [0.3, 0.4) is 0 Å². The van der Waals surface area contributed by atoms with Gasteiger partial charge in [0.1, 0.15) is 0 Å². The van der Waals surface area contributed by atoms with E-state index in [4.69, 9.17) is 5.11 Å². The summed E-state index contributed by atoms with van der Waals surface area (Å²) >= 11 is 0. The zero-order valence-electron chi connectivity index (χ0n) is 9.18. The number of rotatable bonds is 4. The first-order valence-corrected chi connectivity index (χ1v) is 4.77. The van der Waals surface area contributed by atoms with E-state index in [1.54, 1.807) is 44.4 Å². The number of amides is 1. The van der Waals surface area contributed by atoms with Crippen molar-refractivity contribution in [2.24, 2.45) is 0 Å². The highest BCUT2D eigenvalue weighted by Crippen LogP contribution is 1.99. The minimum atomic E-state index is -1.09. The van der Waals surface area contributed by atoms with Gasteiger partial charge < -0.3 is 10.4 Å². The molecule has 0 heterocycles. The molecule has 1 amide bonds. The van der Waals surface area contributed by atoms with Crippen LogP contribution in [-0.4, -0.2) is 42.1 Å². The van der Waals surface area contributed by atoms with Gasteiger partial charge in [0.25, 0.3) is 5.91 Å². The number of likely N-dealkylation sites (N-methyl/N-ethyl adjacent to an activating group) is 1. The molecular formula is C11H14N2O3. The number of benzene rings is 1. The first-order valence-electron chi connectivity index (χ1n) is 4.77. The quantitative estimate of drug-likeness (QED) is 0.723. The molecule has 2 N–H and O–H groups in total. The second-order valence-corrected chi connectivity index (χ2v) is 3.54. The van der Waals surface area contributed by atoms with Crippen molar-refractivity contribution < 1.29 is 14.7 Å². The number of hydrogen-bond donors (Lipinski definition) is 2. The fourth-order valence-electron chi connectivity index (χ4n) is 1.21. The number of carbonyl (C=O) groups is 2. The monoisotopic (exact) mass is 222 g/mol. The molecule has 0 aromatic heterocycles. The lowest BCUT2D eigenvalue weighted by molar-refractivity contribution is -0.143. The third kappa shape index (κ3) is 3.06. The van der Waals surface area contributed by atoms with E-state index in [2.05, 4.69) is 5.32 Å². The molecule has 0 aliphatic heterocycles. The Kier molecular flexibility index (Phi) is 4.02. The number of nitrogens with one attached hydrogen (secondary N) is 1. The summed E-state index contributed by atoms with van der Waals surface area (Å²) < 4.78 is 0. The van der Waals surface area contributed by atoms with Gasteiger partial charge in [0.2, 0.25) is 0 Å². The number of carboxylic acids is 1. The third-order valence-electron chi connectivity index (χ3n) is 2.05. The van der Waals surface area contributed by atoms with Gasteiger partial charge >= 0.3 is 5.97 Å². The summed E-state index contributed by atoms with van der Waals surface area (Å²) in [6, 6.07) is 8.49. The molecule has 1 rings (SSSR count). The Morgan fingerprint density at radius 3 is 2.25 bits per heavy atom. The molecule has 5 nitrogen and oxygen atoms in total. The Morgan fingerprint density at radius 1 is 1.25 bits per heavy atom. The van der Waals surface area contributed by atoms with Crippen molar-refractivity contribution in [2.45, 2.75) is 6.17 Å². The topological polar surface area (TPSA) is 69.6 Å². The van der Waals surface area contributed by atoms with Gasteiger partial charge in [0, 0.05) is 5.56 Å². The number of carbonyl (C=O) groups excluding carboxylic acids is 1. The van der Waals surface area contributed by atoms with Crippen molar-refractivity contribution in [3.63, 3.8) is 0 Å². The Morgan fingerprint density at radius 2 is 1.81 bits per heavy atom. The van der Waals surface area contributed by atoms with Gasteiger partial charge in [-0.2, -0.15) is 0 Å². The summed E-state index contributed by atoms with van der Waals surface area (Å²) in [5.74, 6) is -1.49. The smallest absolute Gasteiger partial charge is 0.341 e. The average Bonchev–Trinajstić information content (AvgIpc) is 2.25. The maximum Gasteiger partial charge on any atom is 0.341 e. The zero-order valence-corrected chi connectivity index (χ0v) is 9.18. The molecule has 1 aromatic rings. The van der Waals surface area contributed by atoms with Crippen molar-refractivity contribution >= 4 is 11.9 Å². The van der Waals surface area contributed by atoms with E-state index in [1.165, 1.54) is 4.90 Å². The summed E-state index contributed by atoms with van der Waals surface area (Å²) in [4.78, 5) is 23.9. The molecule has 5 heteroatoms. The van der Waals surface area contributed by atoms with Gasteiger partial charge in [-0.3, -0.25) is 9.69 Å². The van der Waals surface area contributed by atoms with E-state index >= 15 is 0 Å². The van der Waals surface area contributed by atoms with E-state index in [-0.39, 0.29) is 0 Å². The predicted molar refractivity (Wildman–Crippen MR) is 59.0 cm³/mol. The summed E-state index contributed by atoms with van der Waals surface area (Å²) in [5.41, 5.74) is 0.440. The van der Waals surface area contributed by atoms with E-state index in [0.717, 1.165) is 0 Å². The molecule has 0 saturated carbocycles. The molecule has 0 fully saturated rings. The maximum absolute atomic E-state index is 11.7. The second-order valence-electron chi connectivity index (χ2n) is 3.54. The van der Waals surface area contributed by atoms with Crippen LogP contribution >= 0.6 is 0 Å². The van der Waals surface area contributed by atoms with E-state index < -0.39 is 18.0 Å². The van der Waals surface area contributed by atoms with Crippen molar-refractivity contribution in [1.82, 2.24) is 10.2 Å². The largest absolute Gasteiger partial charge is 0.479 e. The SMILES string of the molecule is CN(C)C(NC(=O)c1ccccc1)C(=O)O. The lowest BCUT2D eigenvalue weighted by atomic mass is 10.2. The van der Waals surface area contributed by atoms with Gasteiger partial charge in [-0.15, -0.1) is 0 Å². The molecule has 0 bridgehead atoms. The highest BCUT2D eigenvalue weighted by molar-refractivity contribution is 5.96. The number of aliphatic carboxylic acids is 1. The van der Waals surface area contributed by atoms with Crippen molar-refractivity contribution in [2.75, 3.05) is 14.1 Å². The van der Waals surface area contributed by atoms with Crippen LogP contribution in [0.15, 0.2) is 30.3 Å². The maximum atomic E-state index is 11.7. The lowest BCUT2D eigenvalue weighted by Crippen LogP contribution is -2.49. The molecule has 0 aliphatic carbocycles. The summed E-state index contributed by atoms with van der Waals surface area (Å²) in [6.45, 7) is 0. The summed E-state index contributed by atoms with van der Waals surface area (Å²) in [5, 5.41) is 11.3. The lowest BCUT2D eigenvalue weighted by Gasteiger charge is -2.20. The van der Waals surface area contributed by atoms with Gasteiger partial charge in [0.15, 0.2) is 6.17 Å². The Hall–Kier alpha value is -1.88. The molecule has 0 spiro atoms. The van der Waals surface area contributed by atoms with E-state index in [9.17, 15) is 9.59 Å². The fraction of sp³-hybridized carbons (Fsp3) is 0.273. The van der Waals surface area contributed by atoms with Crippen molar-refractivity contribution in [1.29, 1.82) is 0 Å². The van der Waals surface area contributed by atoms with Crippen LogP contribution in [0, 0.1) is 0 Å². The first kappa shape index (κ1) is 12.2. The molecule has 1 aromatic carbocycles. The summed E-state index contributed by atoms with van der Waals surface area (Å²) in [6.07, 6.45) is -1.02. The normalized spacial score (nSPS) is 12.2. The van der Waals surface area contributed by atoms with Gasteiger partial charge in [0.05, 0.1) is 0 Å². The first-order chi connectivity index (χ1) is 7.52. The molecule has 16 heavy (non-hydrogen) atoms. The van der Waals surface area contributed by atoms with Crippen LogP contribution in [0.1, 0.15) is 10.4 Å². The Labute approximate surface area is 93.7 Å². The van der Waals surface area contributed by atoms with Crippen LogP contribution in [0.5, 0.6) is 0 Å². The highest BCUT2D eigenvalue weighted by Gasteiger charge is 2.22. The number of nitrogens with zero attached hydrogens (tertiary/aromatic N) is 1. The minimum absolute atomic E-state index is 0.401. The van der Waals surface area contributed by atoms with Crippen LogP contribution < -0.4 is 5.32 Å². The molecule has 1 atom stereocenters. The van der Waals surface area contributed by atoms with Gasteiger partial charge in [-0.1, -0.05) is 18.2 Å². The standard InChI is InChI=1S/C11H14N2O3/c1-13(2)9(11(15)16)12-10(14)8-6-4-3-5-7-8/h3-7,9H,1-2H3,(H,12,14)(H,15,16). The molecule has 0 aliphatic rings. The molecule has 0 saturated heterocycles. The van der Waals surface area contributed by atoms with Gasteiger partial charge in [-0.05, 0) is 26.2 Å². The molecule has 0 radical (unpaired) electrons. The van der Waals surface area contributed by atoms with E-state index in [0.29, 0.717) is 5.56 Å². The highest BCUT2D eigenvalue weighted by atomic mass is 16.4. The predicted octanol–water partition coefficient (Wildman–Crippen LogP) is 0.389. The third-order valence-corrected chi connectivity index (χ3v) is 2.05. The molecule has 1 unspecified atom stereocenters. The number of carboxylic acid groups (broad SMARTS) is 1. The van der Waals surface area contributed by atoms with Crippen molar-refractivity contribution in [3.05, 3.63) is 35.9 Å². The van der Waals surface area contributed by atoms with Crippen molar-refractivity contribution in [3.8, 4) is 0 Å². The van der Waals surface area contributed by atoms with Crippen LogP contribution in [0.4, 0.5) is 0 Å². The van der Waals surface area contributed by atoms with Crippen LogP contribution in [0.2, 0.25) is 0 Å². The minimum Gasteiger partial charge on any atom is -0.479 e. The Bertz CT molecular complexity index is 376. The second kappa shape index (κ2) is 5.27. The molecule has 86 valence electrons.